The summed E-state index contributed by atoms with van der Waals surface area (Å²) in [4.78, 5) is 15.2. The first kappa shape index (κ1) is 15.0. The first-order valence-electron chi connectivity index (χ1n) is 6.91. The van der Waals surface area contributed by atoms with Gasteiger partial charge in [0, 0.05) is 18.2 Å². The number of hydrogen-bond acceptors (Lipinski definition) is 4. The van der Waals surface area contributed by atoms with Gasteiger partial charge in [0.2, 0.25) is 0 Å². The van der Waals surface area contributed by atoms with E-state index in [1.165, 1.54) is 24.2 Å². The van der Waals surface area contributed by atoms with E-state index in [-0.39, 0.29) is 18.6 Å². The van der Waals surface area contributed by atoms with E-state index in [9.17, 15) is 4.79 Å². The maximum atomic E-state index is 12.2. The Labute approximate surface area is 123 Å². The molecule has 1 aliphatic rings. The molecule has 1 aromatic rings. The molecule has 108 valence electrons. The van der Waals surface area contributed by atoms with E-state index in [0.29, 0.717) is 10.4 Å². The average molecular weight is 292 g/mol. The van der Waals surface area contributed by atoms with E-state index in [0.717, 1.165) is 19.6 Å². The lowest BCUT2D eigenvalue weighted by atomic mass is 10.2. The standard InChI is InChI=1S/C15H20N2O2S/c1-12(11-17-7-2-3-8-17)16-15(19)14-13(5-4-9-18)6-10-20-14/h6,10,12,18H,2-3,7-9,11H2,1H3,(H,16,19). The number of carbonyl (C=O) groups is 1. The highest BCUT2D eigenvalue weighted by atomic mass is 32.1. The van der Waals surface area contributed by atoms with Crippen LogP contribution in [-0.4, -0.2) is 48.2 Å². The molecule has 1 unspecified atom stereocenters. The number of nitrogens with zero attached hydrogens (tertiary/aromatic N) is 1. The predicted octanol–water partition coefficient (Wildman–Crippen LogP) is 1.31. The van der Waals surface area contributed by atoms with Crippen molar-refractivity contribution in [1.29, 1.82) is 0 Å². The van der Waals surface area contributed by atoms with E-state index in [2.05, 4.69) is 22.1 Å². The molecule has 0 radical (unpaired) electrons. The Morgan fingerprint density at radius 3 is 3.00 bits per heavy atom. The van der Waals surface area contributed by atoms with E-state index in [1.807, 2.05) is 18.4 Å². The molecule has 1 aliphatic heterocycles. The monoisotopic (exact) mass is 292 g/mol. The summed E-state index contributed by atoms with van der Waals surface area (Å²) in [7, 11) is 0. The Hall–Kier alpha value is -1.35. The van der Waals surface area contributed by atoms with Gasteiger partial charge in [0.1, 0.15) is 11.5 Å². The molecule has 2 N–H and O–H groups in total. The fourth-order valence-electron chi connectivity index (χ4n) is 2.41. The van der Waals surface area contributed by atoms with Crippen LogP contribution in [0.1, 0.15) is 35.0 Å². The second kappa shape index (κ2) is 7.44. The number of aliphatic hydroxyl groups excluding tert-OH is 1. The molecule has 20 heavy (non-hydrogen) atoms. The number of nitrogens with one attached hydrogen (secondary N) is 1. The molecule has 0 saturated carbocycles. The van der Waals surface area contributed by atoms with Crippen molar-refractivity contribution in [2.75, 3.05) is 26.2 Å². The van der Waals surface area contributed by atoms with Crippen LogP contribution in [0.4, 0.5) is 0 Å². The number of hydrogen-bond donors (Lipinski definition) is 2. The van der Waals surface area contributed by atoms with Gasteiger partial charge in [0.15, 0.2) is 0 Å². The molecule has 2 heterocycles. The summed E-state index contributed by atoms with van der Waals surface area (Å²) in [6, 6.07) is 1.94. The van der Waals surface area contributed by atoms with Crippen molar-refractivity contribution in [1.82, 2.24) is 10.2 Å². The Bertz CT molecular complexity index is 509. The molecule has 0 bridgehead atoms. The molecule has 5 heteroatoms. The zero-order valence-corrected chi connectivity index (χ0v) is 12.5. The van der Waals surface area contributed by atoms with E-state index in [4.69, 9.17) is 5.11 Å². The highest BCUT2D eigenvalue weighted by Gasteiger charge is 2.18. The van der Waals surface area contributed by atoms with Gasteiger partial charge in [-0.05, 0) is 44.3 Å². The molecule has 0 aromatic carbocycles. The summed E-state index contributed by atoms with van der Waals surface area (Å²) in [6.45, 7) is 5.00. The van der Waals surface area contributed by atoms with Gasteiger partial charge in [-0.1, -0.05) is 11.8 Å². The molecule has 1 amide bonds. The van der Waals surface area contributed by atoms with Crippen molar-refractivity contribution in [3.8, 4) is 11.8 Å². The van der Waals surface area contributed by atoms with Crippen LogP contribution < -0.4 is 5.32 Å². The van der Waals surface area contributed by atoms with Gasteiger partial charge in [-0.15, -0.1) is 11.3 Å². The third-order valence-corrected chi connectivity index (χ3v) is 4.19. The molecule has 0 spiro atoms. The fourth-order valence-corrected chi connectivity index (χ4v) is 3.16. The Kier molecular flexibility index (Phi) is 5.60. The summed E-state index contributed by atoms with van der Waals surface area (Å²) in [5, 5.41) is 13.6. The van der Waals surface area contributed by atoms with E-state index >= 15 is 0 Å². The van der Waals surface area contributed by atoms with Crippen molar-refractivity contribution in [2.45, 2.75) is 25.8 Å². The maximum absolute atomic E-state index is 12.2. The molecule has 1 aromatic heterocycles. The SMILES string of the molecule is CC(CN1CCCC1)NC(=O)c1sccc1C#CCO. The van der Waals surface area contributed by atoms with Crippen LogP contribution >= 0.6 is 11.3 Å². The van der Waals surface area contributed by atoms with Gasteiger partial charge in [0.05, 0.1) is 0 Å². The van der Waals surface area contributed by atoms with Crippen molar-refractivity contribution >= 4 is 17.2 Å². The zero-order chi connectivity index (χ0) is 14.4. The second-order valence-corrected chi connectivity index (χ2v) is 5.92. The summed E-state index contributed by atoms with van der Waals surface area (Å²) >= 11 is 1.38. The molecule has 1 atom stereocenters. The topological polar surface area (TPSA) is 52.6 Å². The van der Waals surface area contributed by atoms with Gasteiger partial charge in [-0.2, -0.15) is 0 Å². The van der Waals surface area contributed by atoms with Crippen molar-refractivity contribution in [3.05, 3.63) is 21.9 Å². The maximum Gasteiger partial charge on any atom is 0.262 e. The van der Waals surface area contributed by atoms with E-state index < -0.39 is 0 Å². The summed E-state index contributed by atoms with van der Waals surface area (Å²) in [5.74, 6) is 5.32. The Morgan fingerprint density at radius 2 is 2.30 bits per heavy atom. The van der Waals surface area contributed by atoms with Crippen LogP contribution in [0, 0.1) is 11.8 Å². The minimum atomic E-state index is -0.192. The largest absolute Gasteiger partial charge is 0.384 e. The summed E-state index contributed by atoms with van der Waals surface area (Å²) in [5.41, 5.74) is 0.690. The smallest absolute Gasteiger partial charge is 0.262 e. The van der Waals surface area contributed by atoms with Crippen LogP contribution in [-0.2, 0) is 0 Å². The number of aliphatic hydroxyl groups is 1. The summed E-state index contributed by atoms with van der Waals surface area (Å²) < 4.78 is 0. The average Bonchev–Trinajstić information content (AvgIpc) is 3.06. The predicted molar refractivity (Wildman–Crippen MR) is 80.9 cm³/mol. The molecule has 1 saturated heterocycles. The van der Waals surface area contributed by atoms with Crippen molar-refractivity contribution in [3.63, 3.8) is 0 Å². The highest BCUT2D eigenvalue weighted by Crippen LogP contribution is 2.16. The lowest BCUT2D eigenvalue weighted by molar-refractivity contribution is 0.0936. The summed E-state index contributed by atoms with van der Waals surface area (Å²) in [6.07, 6.45) is 2.51. The number of amides is 1. The molecule has 4 nitrogen and oxygen atoms in total. The Morgan fingerprint density at radius 1 is 1.55 bits per heavy atom. The van der Waals surface area contributed by atoms with Crippen LogP contribution in [0.15, 0.2) is 11.4 Å². The van der Waals surface area contributed by atoms with Gasteiger partial charge in [0.25, 0.3) is 5.91 Å². The molecule has 1 fully saturated rings. The molecule has 2 rings (SSSR count). The first-order valence-corrected chi connectivity index (χ1v) is 7.79. The second-order valence-electron chi connectivity index (χ2n) is 5.01. The molecule has 0 aliphatic carbocycles. The number of thiophene rings is 1. The third kappa shape index (κ3) is 4.07. The number of likely N-dealkylation sites (tertiary alicyclic amines) is 1. The van der Waals surface area contributed by atoms with Crippen LogP contribution in [0.5, 0.6) is 0 Å². The first-order chi connectivity index (χ1) is 9.70. The minimum absolute atomic E-state index is 0.0751. The fraction of sp³-hybridized carbons (Fsp3) is 0.533. The van der Waals surface area contributed by atoms with Gasteiger partial charge in [-0.25, -0.2) is 0 Å². The van der Waals surface area contributed by atoms with Gasteiger partial charge in [-0.3, -0.25) is 4.79 Å². The van der Waals surface area contributed by atoms with Crippen LogP contribution in [0.2, 0.25) is 0 Å². The quantitative estimate of drug-likeness (QED) is 0.823. The Balaban J connectivity index is 1.92. The van der Waals surface area contributed by atoms with Crippen molar-refractivity contribution < 1.29 is 9.90 Å². The third-order valence-electron chi connectivity index (χ3n) is 3.28. The number of rotatable bonds is 4. The van der Waals surface area contributed by atoms with Gasteiger partial charge >= 0.3 is 0 Å². The van der Waals surface area contributed by atoms with E-state index in [1.54, 1.807) is 0 Å². The zero-order valence-electron chi connectivity index (χ0n) is 11.7. The molecular formula is C15H20N2O2S. The van der Waals surface area contributed by atoms with Crippen LogP contribution in [0.3, 0.4) is 0 Å². The van der Waals surface area contributed by atoms with Gasteiger partial charge < -0.3 is 15.3 Å². The minimum Gasteiger partial charge on any atom is -0.384 e. The highest BCUT2D eigenvalue weighted by molar-refractivity contribution is 7.12. The van der Waals surface area contributed by atoms with Crippen LogP contribution in [0.25, 0.3) is 0 Å². The lowest BCUT2D eigenvalue weighted by Gasteiger charge is -2.21. The molecular weight excluding hydrogens is 272 g/mol. The normalized spacial score (nSPS) is 16.5. The number of carbonyl (C=O) groups excluding carboxylic acids is 1. The van der Waals surface area contributed by atoms with Crippen molar-refractivity contribution in [2.24, 2.45) is 0 Å². The lowest BCUT2D eigenvalue weighted by Crippen LogP contribution is -2.41.